The number of fused-ring (bicyclic) bond motifs is 2. The van der Waals surface area contributed by atoms with Crippen LogP contribution in [0.1, 0.15) is 44.6 Å². The number of hydrogen-bond donors (Lipinski definition) is 3. The molecule has 2 aliphatic rings. The van der Waals surface area contributed by atoms with Gasteiger partial charge in [-0.1, -0.05) is 12.8 Å². The first kappa shape index (κ1) is 23.4. The van der Waals surface area contributed by atoms with E-state index < -0.39 is 11.2 Å². The number of rotatable bonds is 11. The summed E-state index contributed by atoms with van der Waals surface area (Å²) in [5.41, 5.74) is 1.97. The fraction of sp³-hybridized carbons (Fsp3) is 0.500. The Kier molecular flexibility index (Phi) is 7.93. The molecule has 3 N–H and O–H groups in total. The van der Waals surface area contributed by atoms with E-state index in [0.29, 0.717) is 31.6 Å². The van der Waals surface area contributed by atoms with Crippen LogP contribution in [0.3, 0.4) is 0 Å². The number of aromatic nitrogens is 4. The van der Waals surface area contributed by atoms with Crippen LogP contribution in [-0.2, 0) is 16.1 Å². The molecule has 2 aliphatic heterocycles. The second-order valence-electron chi connectivity index (χ2n) is 7.58. The topological polar surface area (TPSA) is 139 Å². The van der Waals surface area contributed by atoms with Gasteiger partial charge >= 0.3 is 11.7 Å². The number of carbonyl (C=O) groups excluding carboxylic acids is 1. The van der Waals surface area contributed by atoms with Crippen molar-refractivity contribution in [3.8, 4) is 11.5 Å². The van der Waals surface area contributed by atoms with Crippen molar-refractivity contribution in [3.05, 3.63) is 38.5 Å². The Morgan fingerprint density at radius 2 is 1.97 bits per heavy atom. The summed E-state index contributed by atoms with van der Waals surface area (Å²) in [7, 11) is 0. The highest BCUT2D eigenvalue weighted by Crippen LogP contribution is 2.27. The van der Waals surface area contributed by atoms with Crippen molar-refractivity contribution in [3.63, 3.8) is 0 Å². The highest BCUT2D eigenvalue weighted by atomic mass is 16.5. The molecule has 0 spiro atoms. The molecular weight excluding hydrogens is 414 g/mol. The van der Waals surface area contributed by atoms with E-state index in [9.17, 15) is 14.4 Å². The minimum atomic E-state index is -0.711. The van der Waals surface area contributed by atoms with Crippen LogP contribution in [0.15, 0.2) is 21.7 Å². The van der Waals surface area contributed by atoms with E-state index >= 15 is 0 Å². The van der Waals surface area contributed by atoms with E-state index in [2.05, 4.69) is 20.3 Å². The molecule has 1 aromatic carbocycles. The van der Waals surface area contributed by atoms with E-state index in [1.54, 1.807) is 6.92 Å². The summed E-state index contributed by atoms with van der Waals surface area (Å²) in [6.07, 6.45) is 3.66. The fourth-order valence-corrected chi connectivity index (χ4v) is 3.68. The zero-order chi connectivity index (χ0) is 23.1. The van der Waals surface area contributed by atoms with Crippen molar-refractivity contribution < 1.29 is 14.6 Å². The van der Waals surface area contributed by atoms with Crippen LogP contribution in [0.25, 0.3) is 22.6 Å². The van der Waals surface area contributed by atoms with Gasteiger partial charge in [0.15, 0.2) is 11.5 Å². The van der Waals surface area contributed by atoms with Crippen LogP contribution in [0.5, 0.6) is 0 Å². The molecule has 0 radical (unpaired) electrons. The van der Waals surface area contributed by atoms with Crippen molar-refractivity contribution in [2.24, 2.45) is 0 Å². The Balaban J connectivity index is 1.89. The van der Waals surface area contributed by atoms with Crippen molar-refractivity contribution in [2.75, 3.05) is 25.1 Å². The molecular formula is C22H29N5O5. The monoisotopic (exact) mass is 443 g/mol. The summed E-state index contributed by atoms with van der Waals surface area (Å²) in [6, 6.07) is 3.77. The third kappa shape index (κ3) is 5.50. The first-order valence-electron chi connectivity index (χ1n) is 10.9. The smallest absolute Gasteiger partial charge is 0.349 e. The highest BCUT2D eigenvalue weighted by Gasteiger charge is 2.19. The number of aromatic amines is 1. The lowest BCUT2D eigenvalue weighted by Crippen LogP contribution is -2.29. The maximum atomic E-state index is 12.4. The predicted octanol–water partition coefficient (Wildman–Crippen LogP) is 1.81. The van der Waals surface area contributed by atoms with Crippen LogP contribution in [0, 0.1) is 6.92 Å². The molecule has 0 unspecified atom stereocenters. The zero-order valence-electron chi connectivity index (χ0n) is 18.4. The van der Waals surface area contributed by atoms with Crippen LogP contribution >= 0.6 is 0 Å². The average Bonchev–Trinajstić information content (AvgIpc) is 2.75. The summed E-state index contributed by atoms with van der Waals surface area (Å²) in [5, 5.41) is 12.3. The molecule has 32 heavy (non-hydrogen) atoms. The number of aliphatic hydroxyl groups excluding tert-OH is 1. The third-order valence-electron chi connectivity index (χ3n) is 5.20. The number of ether oxygens (including phenoxy) is 1. The van der Waals surface area contributed by atoms with Gasteiger partial charge in [0, 0.05) is 25.2 Å². The van der Waals surface area contributed by atoms with Crippen LogP contribution in [0.4, 0.5) is 5.69 Å². The number of hydrogen-bond acceptors (Lipinski definition) is 8. The Hall–Kier alpha value is -3.27. The molecule has 3 rings (SSSR count). The minimum Gasteiger partial charge on any atom is -0.466 e. The SMILES string of the molecule is CCOC(=O)CCCCCCn1c2nc(=O)[nH]c(=O)c-2nc2cc(C)c(NCCO)cc21. The Morgan fingerprint density at radius 3 is 2.72 bits per heavy atom. The fourth-order valence-electron chi connectivity index (χ4n) is 3.68. The summed E-state index contributed by atoms with van der Waals surface area (Å²) >= 11 is 0. The lowest BCUT2D eigenvalue weighted by molar-refractivity contribution is -0.143. The highest BCUT2D eigenvalue weighted by molar-refractivity contribution is 5.84. The molecule has 0 fully saturated rings. The normalized spacial score (nSPS) is 11.2. The van der Waals surface area contributed by atoms with Gasteiger partial charge in [0.2, 0.25) is 0 Å². The molecule has 0 saturated carbocycles. The van der Waals surface area contributed by atoms with E-state index in [4.69, 9.17) is 9.84 Å². The number of esters is 1. The number of H-pyrrole nitrogens is 1. The Bertz CT molecular complexity index is 1170. The number of anilines is 1. The van der Waals surface area contributed by atoms with Gasteiger partial charge in [-0.15, -0.1) is 0 Å². The molecule has 2 heterocycles. The molecule has 172 valence electrons. The first-order valence-corrected chi connectivity index (χ1v) is 10.9. The van der Waals surface area contributed by atoms with Gasteiger partial charge in [-0.25, -0.2) is 9.78 Å². The van der Waals surface area contributed by atoms with Gasteiger partial charge < -0.3 is 19.7 Å². The lowest BCUT2D eigenvalue weighted by Gasteiger charge is -2.18. The summed E-state index contributed by atoms with van der Waals surface area (Å²) in [5.74, 6) is 0.0624. The average molecular weight is 444 g/mol. The number of nitrogens with one attached hydrogen (secondary N) is 2. The molecule has 0 bridgehead atoms. The number of aliphatic hydroxyl groups is 1. The standard InChI is InChI=1S/C22H29N5O5/c1-3-32-18(29)8-6-4-5-7-10-27-17-13-15(23-9-11-28)14(2)12-16(17)24-19-20(27)25-22(31)26-21(19)30/h12-13,23,28H,3-11H2,1-2H3,(H,26,30,31). The van der Waals surface area contributed by atoms with E-state index in [0.717, 1.165) is 42.5 Å². The predicted molar refractivity (Wildman–Crippen MR) is 121 cm³/mol. The van der Waals surface area contributed by atoms with Crippen molar-refractivity contribution in [2.45, 2.75) is 52.5 Å². The molecule has 10 heteroatoms. The quantitative estimate of drug-likeness (QED) is 0.232. The number of benzene rings is 1. The Morgan fingerprint density at radius 1 is 1.19 bits per heavy atom. The van der Waals surface area contributed by atoms with Gasteiger partial charge in [0.1, 0.15) is 0 Å². The van der Waals surface area contributed by atoms with E-state index in [1.165, 1.54) is 0 Å². The van der Waals surface area contributed by atoms with Crippen LogP contribution < -0.4 is 16.6 Å². The molecule has 0 aromatic heterocycles. The van der Waals surface area contributed by atoms with Gasteiger partial charge in [0.05, 0.1) is 24.2 Å². The minimum absolute atomic E-state index is 0.00425. The van der Waals surface area contributed by atoms with Crippen molar-refractivity contribution in [1.29, 1.82) is 0 Å². The maximum absolute atomic E-state index is 12.4. The van der Waals surface area contributed by atoms with Crippen molar-refractivity contribution in [1.82, 2.24) is 19.5 Å². The summed E-state index contributed by atoms with van der Waals surface area (Å²) in [4.78, 5) is 46.4. The number of unbranched alkanes of at least 4 members (excludes halogenated alkanes) is 3. The number of nitrogens with zero attached hydrogens (tertiary/aromatic N) is 3. The largest absolute Gasteiger partial charge is 0.466 e. The van der Waals surface area contributed by atoms with Crippen LogP contribution in [-0.4, -0.2) is 50.4 Å². The maximum Gasteiger partial charge on any atom is 0.349 e. The second kappa shape index (κ2) is 10.9. The summed E-state index contributed by atoms with van der Waals surface area (Å²) in [6.45, 7) is 5.03. The van der Waals surface area contributed by atoms with Gasteiger partial charge in [-0.3, -0.25) is 14.6 Å². The molecule has 10 nitrogen and oxygen atoms in total. The molecule has 0 saturated heterocycles. The molecule has 0 amide bonds. The Labute approximate surface area is 185 Å². The van der Waals surface area contributed by atoms with E-state index in [-0.39, 0.29) is 24.1 Å². The van der Waals surface area contributed by atoms with Gasteiger partial charge in [-0.2, -0.15) is 4.98 Å². The molecule has 0 atom stereocenters. The number of aryl methyl sites for hydroxylation is 2. The van der Waals surface area contributed by atoms with E-state index in [1.807, 2.05) is 23.6 Å². The number of carbonyl (C=O) groups is 1. The summed E-state index contributed by atoms with van der Waals surface area (Å²) < 4.78 is 6.79. The second-order valence-corrected chi connectivity index (χ2v) is 7.58. The molecule has 0 aliphatic carbocycles. The molecule has 1 aromatic rings. The zero-order valence-corrected chi connectivity index (χ0v) is 18.4. The lowest BCUT2D eigenvalue weighted by atomic mass is 10.1. The van der Waals surface area contributed by atoms with Crippen molar-refractivity contribution >= 4 is 22.7 Å². The first-order chi connectivity index (χ1) is 15.4. The van der Waals surface area contributed by atoms with Gasteiger partial charge in [0.25, 0.3) is 5.56 Å². The third-order valence-corrected chi connectivity index (χ3v) is 5.20. The van der Waals surface area contributed by atoms with Gasteiger partial charge in [-0.05, 0) is 44.4 Å². The van der Waals surface area contributed by atoms with Crippen LogP contribution in [0.2, 0.25) is 0 Å².